The van der Waals surface area contributed by atoms with Crippen molar-refractivity contribution in [1.29, 1.82) is 0 Å². The van der Waals surface area contributed by atoms with Crippen molar-refractivity contribution in [2.45, 2.75) is 18.7 Å². The van der Waals surface area contributed by atoms with E-state index in [0.717, 1.165) is 5.56 Å². The molecular weight excluding hydrogens is 428 g/mol. The Morgan fingerprint density at radius 2 is 1.62 bits per heavy atom. The number of anilines is 1. The molecule has 0 saturated carbocycles. The minimum atomic E-state index is -3.85. The second kappa shape index (κ2) is 10.2. The highest BCUT2D eigenvalue weighted by Crippen LogP contribution is 2.25. The van der Waals surface area contributed by atoms with Crippen molar-refractivity contribution >= 4 is 21.6 Å². The van der Waals surface area contributed by atoms with Crippen molar-refractivity contribution in [2.24, 2.45) is 0 Å². The highest BCUT2D eigenvalue weighted by Gasteiger charge is 2.19. The Hall–Kier alpha value is -3.52. The molecule has 0 spiro atoms. The Labute approximate surface area is 188 Å². The summed E-state index contributed by atoms with van der Waals surface area (Å²) < 4.78 is 39.2. The molecular formula is C24H26N2O5S. The molecule has 3 rings (SSSR count). The van der Waals surface area contributed by atoms with Gasteiger partial charge >= 0.3 is 0 Å². The first-order valence-corrected chi connectivity index (χ1v) is 11.5. The molecule has 0 aromatic heterocycles. The molecule has 3 aromatic rings. The third kappa shape index (κ3) is 5.79. The zero-order valence-corrected chi connectivity index (χ0v) is 19.0. The van der Waals surface area contributed by atoms with E-state index in [1.54, 1.807) is 50.4 Å². The summed E-state index contributed by atoms with van der Waals surface area (Å²) in [7, 11) is -2.29. The van der Waals surface area contributed by atoms with E-state index in [1.807, 2.05) is 31.2 Å². The van der Waals surface area contributed by atoms with E-state index in [1.165, 1.54) is 6.07 Å². The summed E-state index contributed by atoms with van der Waals surface area (Å²) in [6.07, 6.45) is 0. The Morgan fingerprint density at radius 3 is 2.31 bits per heavy atom. The fraction of sp³-hybridized carbons (Fsp3) is 0.208. The molecule has 32 heavy (non-hydrogen) atoms. The first-order chi connectivity index (χ1) is 15.3. The lowest BCUT2D eigenvalue weighted by molar-refractivity contribution is 0.0946. The summed E-state index contributed by atoms with van der Waals surface area (Å²) >= 11 is 0. The third-order valence-electron chi connectivity index (χ3n) is 4.76. The minimum Gasteiger partial charge on any atom is -0.493 e. The van der Waals surface area contributed by atoms with Crippen molar-refractivity contribution in [3.63, 3.8) is 0 Å². The molecule has 8 heteroatoms. The van der Waals surface area contributed by atoms with Gasteiger partial charge in [-0.1, -0.05) is 35.9 Å². The molecule has 0 radical (unpaired) electrons. The zero-order chi connectivity index (χ0) is 23.1. The lowest BCUT2D eigenvalue weighted by Crippen LogP contribution is -2.28. The SMILES string of the molecule is COc1ccccc1OCCNC(=O)c1ccc(C)c(S(=O)(=O)Nc2ccc(C)cc2)c1. The number of sulfonamides is 1. The van der Waals surface area contributed by atoms with Crippen LogP contribution in [0.2, 0.25) is 0 Å². The second-order valence-corrected chi connectivity index (χ2v) is 8.86. The number of benzene rings is 3. The summed E-state index contributed by atoms with van der Waals surface area (Å²) in [6, 6.07) is 18.8. The number of aryl methyl sites for hydroxylation is 2. The van der Waals surface area contributed by atoms with E-state index in [4.69, 9.17) is 9.47 Å². The number of amides is 1. The van der Waals surface area contributed by atoms with Crippen LogP contribution in [0.15, 0.2) is 71.6 Å². The quantitative estimate of drug-likeness (QED) is 0.478. The summed E-state index contributed by atoms with van der Waals surface area (Å²) in [5, 5.41) is 2.74. The fourth-order valence-electron chi connectivity index (χ4n) is 3.03. The zero-order valence-electron chi connectivity index (χ0n) is 18.2. The topological polar surface area (TPSA) is 93.7 Å². The highest BCUT2D eigenvalue weighted by atomic mass is 32.2. The molecule has 7 nitrogen and oxygen atoms in total. The number of ether oxygens (including phenoxy) is 2. The molecule has 0 aliphatic heterocycles. The molecule has 0 unspecified atom stereocenters. The van der Waals surface area contributed by atoms with Crippen LogP contribution in [-0.2, 0) is 10.0 Å². The lowest BCUT2D eigenvalue weighted by atomic mass is 10.1. The average molecular weight is 455 g/mol. The fourth-order valence-corrected chi connectivity index (χ4v) is 4.36. The second-order valence-electron chi connectivity index (χ2n) is 7.21. The van der Waals surface area contributed by atoms with E-state index in [9.17, 15) is 13.2 Å². The summed E-state index contributed by atoms with van der Waals surface area (Å²) in [5.74, 6) is 0.795. The molecule has 0 bridgehead atoms. The van der Waals surface area contributed by atoms with E-state index in [-0.39, 0.29) is 29.5 Å². The molecule has 0 saturated heterocycles. The predicted molar refractivity (Wildman–Crippen MR) is 124 cm³/mol. The van der Waals surface area contributed by atoms with Gasteiger partial charge < -0.3 is 14.8 Å². The first kappa shape index (κ1) is 23.1. The van der Waals surface area contributed by atoms with Crippen LogP contribution in [0.3, 0.4) is 0 Å². The number of carbonyl (C=O) groups excluding carboxylic acids is 1. The van der Waals surface area contributed by atoms with Crippen LogP contribution < -0.4 is 19.5 Å². The average Bonchev–Trinajstić information content (AvgIpc) is 2.78. The van der Waals surface area contributed by atoms with E-state index >= 15 is 0 Å². The summed E-state index contributed by atoms with van der Waals surface area (Å²) in [6.45, 7) is 4.09. The van der Waals surface area contributed by atoms with Gasteiger partial charge in [-0.15, -0.1) is 0 Å². The number of para-hydroxylation sites is 2. The molecule has 0 aliphatic carbocycles. The van der Waals surface area contributed by atoms with Gasteiger partial charge in [0.2, 0.25) is 0 Å². The Balaban J connectivity index is 1.65. The van der Waals surface area contributed by atoms with Gasteiger partial charge in [0.1, 0.15) is 6.61 Å². The smallest absolute Gasteiger partial charge is 0.262 e. The van der Waals surface area contributed by atoms with Crippen LogP contribution in [0.25, 0.3) is 0 Å². The van der Waals surface area contributed by atoms with Gasteiger partial charge in [0.15, 0.2) is 11.5 Å². The van der Waals surface area contributed by atoms with Gasteiger partial charge in [-0.3, -0.25) is 9.52 Å². The largest absolute Gasteiger partial charge is 0.493 e. The third-order valence-corrected chi connectivity index (χ3v) is 6.28. The first-order valence-electron chi connectivity index (χ1n) is 10.0. The predicted octanol–water partition coefficient (Wildman–Crippen LogP) is 3.92. The normalized spacial score (nSPS) is 11.0. The van der Waals surface area contributed by atoms with Gasteiger partial charge in [0, 0.05) is 11.3 Å². The molecule has 3 aromatic carbocycles. The molecule has 0 aliphatic rings. The van der Waals surface area contributed by atoms with Crippen LogP contribution in [0.4, 0.5) is 5.69 Å². The molecule has 2 N–H and O–H groups in total. The van der Waals surface area contributed by atoms with E-state index in [0.29, 0.717) is 22.7 Å². The number of methoxy groups -OCH3 is 1. The van der Waals surface area contributed by atoms with Crippen LogP contribution in [0.1, 0.15) is 21.5 Å². The number of hydrogen-bond acceptors (Lipinski definition) is 5. The van der Waals surface area contributed by atoms with E-state index < -0.39 is 10.0 Å². The number of hydrogen-bond donors (Lipinski definition) is 2. The van der Waals surface area contributed by atoms with Crippen molar-refractivity contribution in [3.05, 3.63) is 83.4 Å². The van der Waals surface area contributed by atoms with Crippen molar-refractivity contribution in [2.75, 3.05) is 25.0 Å². The molecule has 0 fully saturated rings. The number of rotatable bonds is 9. The van der Waals surface area contributed by atoms with Gasteiger partial charge in [-0.25, -0.2) is 8.42 Å². The van der Waals surface area contributed by atoms with Crippen molar-refractivity contribution < 1.29 is 22.7 Å². The standard InChI is InChI=1S/C24H26N2O5S/c1-17-8-12-20(13-9-17)26-32(28,29)23-16-19(11-10-18(23)2)24(27)25-14-15-31-22-7-5-4-6-21(22)30-3/h4-13,16,26H,14-15H2,1-3H3,(H,25,27). The molecule has 0 atom stereocenters. The molecule has 168 valence electrons. The maximum Gasteiger partial charge on any atom is 0.262 e. The minimum absolute atomic E-state index is 0.0518. The van der Waals surface area contributed by atoms with E-state index in [2.05, 4.69) is 10.0 Å². The lowest BCUT2D eigenvalue weighted by Gasteiger charge is -2.13. The van der Waals surface area contributed by atoms with Crippen molar-refractivity contribution in [1.82, 2.24) is 5.32 Å². The van der Waals surface area contributed by atoms with Gasteiger partial charge in [-0.2, -0.15) is 0 Å². The van der Waals surface area contributed by atoms with Crippen LogP contribution in [-0.4, -0.2) is 34.6 Å². The van der Waals surface area contributed by atoms with Crippen LogP contribution in [0, 0.1) is 13.8 Å². The van der Waals surface area contributed by atoms with Gasteiger partial charge in [0.05, 0.1) is 18.6 Å². The number of carbonyl (C=O) groups is 1. The number of nitrogens with one attached hydrogen (secondary N) is 2. The Kier molecular flexibility index (Phi) is 7.37. The molecule has 1 amide bonds. The van der Waals surface area contributed by atoms with Crippen LogP contribution >= 0.6 is 0 Å². The summed E-state index contributed by atoms with van der Waals surface area (Å²) in [4.78, 5) is 12.6. The van der Waals surface area contributed by atoms with Gasteiger partial charge in [0.25, 0.3) is 15.9 Å². The maximum atomic E-state index is 12.9. The maximum absolute atomic E-state index is 12.9. The monoisotopic (exact) mass is 454 g/mol. The molecule has 0 heterocycles. The Bertz CT molecular complexity index is 1190. The van der Waals surface area contributed by atoms with Crippen LogP contribution in [0.5, 0.6) is 11.5 Å². The highest BCUT2D eigenvalue weighted by molar-refractivity contribution is 7.92. The van der Waals surface area contributed by atoms with Crippen molar-refractivity contribution in [3.8, 4) is 11.5 Å². The summed E-state index contributed by atoms with van der Waals surface area (Å²) in [5.41, 5.74) is 2.27. The Morgan fingerprint density at radius 1 is 0.938 bits per heavy atom. The van der Waals surface area contributed by atoms with Gasteiger partial charge in [-0.05, 0) is 55.8 Å².